The number of rotatable bonds is 6. The minimum absolute atomic E-state index is 0.0142. The van der Waals surface area contributed by atoms with Gasteiger partial charge in [-0.05, 0) is 24.6 Å². The molecule has 0 saturated carbocycles. The molecule has 4 heterocycles. The van der Waals surface area contributed by atoms with E-state index in [0.29, 0.717) is 30.2 Å². The van der Waals surface area contributed by atoms with E-state index >= 15 is 0 Å². The largest absolute Gasteiger partial charge is 0.375 e. The highest BCUT2D eigenvalue weighted by Gasteiger charge is 2.45. The van der Waals surface area contributed by atoms with Crippen molar-refractivity contribution in [2.45, 2.75) is 25.0 Å². The summed E-state index contributed by atoms with van der Waals surface area (Å²) in [6.45, 7) is 2.56. The van der Waals surface area contributed by atoms with Gasteiger partial charge in [0.2, 0.25) is 5.95 Å². The SMILES string of the molecule is C[C@H](Nc1nccc(-c2csc(-c3cccc([C@]4(O)CCN(C)C4=O)c3)n2)n1)c1cncn1C. The number of aliphatic hydroxyl groups is 1. The number of anilines is 1. The van der Waals surface area contributed by atoms with Crippen molar-refractivity contribution >= 4 is 23.2 Å². The molecule has 34 heavy (non-hydrogen) atoms. The molecule has 0 radical (unpaired) electrons. The number of carbonyl (C=O) groups is 1. The number of nitrogens with zero attached hydrogens (tertiary/aromatic N) is 6. The third-order valence-electron chi connectivity index (χ3n) is 6.16. The highest BCUT2D eigenvalue weighted by Crippen LogP contribution is 2.36. The Morgan fingerprint density at radius 2 is 2.06 bits per heavy atom. The topological polar surface area (TPSA) is 109 Å². The maximum absolute atomic E-state index is 12.5. The molecule has 1 saturated heterocycles. The molecule has 2 N–H and O–H groups in total. The lowest BCUT2D eigenvalue weighted by Gasteiger charge is -2.21. The average molecular weight is 476 g/mol. The summed E-state index contributed by atoms with van der Waals surface area (Å²) in [4.78, 5) is 32.0. The molecular weight excluding hydrogens is 450 g/mol. The van der Waals surface area contributed by atoms with E-state index in [0.717, 1.165) is 22.0 Å². The summed E-state index contributed by atoms with van der Waals surface area (Å²) in [6.07, 6.45) is 5.66. The monoisotopic (exact) mass is 475 g/mol. The van der Waals surface area contributed by atoms with Crippen LogP contribution in [0.2, 0.25) is 0 Å². The predicted molar refractivity (Wildman–Crippen MR) is 130 cm³/mol. The summed E-state index contributed by atoms with van der Waals surface area (Å²) >= 11 is 1.49. The molecule has 0 unspecified atom stereocenters. The van der Waals surface area contributed by atoms with Crippen molar-refractivity contribution in [1.82, 2.24) is 29.4 Å². The normalized spacial score (nSPS) is 18.9. The third kappa shape index (κ3) is 3.95. The Hall–Kier alpha value is -3.63. The lowest BCUT2D eigenvalue weighted by Crippen LogP contribution is -2.36. The van der Waals surface area contributed by atoms with Crippen LogP contribution in [0.15, 0.2) is 54.4 Å². The molecule has 1 aliphatic heterocycles. The van der Waals surface area contributed by atoms with Crippen LogP contribution in [0.3, 0.4) is 0 Å². The van der Waals surface area contributed by atoms with Gasteiger partial charge in [0, 0.05) is 44.2 Å². The number of likely N-dealkylation sites (N-methyl/N-ethyl adjacent to an activating group) is 1. The van der Waals surface area contributed by atoms with Crippen LogP contribution < -0.4 is 5.32 Å². The fraction of sp³-hybridized carbons (Fsp3) is 0.292. The smallest absolute Gasteiger partial charge is 0.258 e. The van der Waals surface area contributed by atoms with Gasteiger partial charge in [0.05, 0.1) is 30.0 Å². The van der Waals surface area contributed by atoms with Gasteiger partial charge in [-0.2, -0.15) is 0 Å². The minimum Gasteiger partial charge on any atom is -0.375 e. The molecule has 4 aromatic rings. The van der Waals surface area contributed by atoms with Gasteiger partial charge < -0.3 is 19.9 Å². The fourth-order valence-electron chi connectivity index (χ4n) is 4.18. The van der Waals surface area contributed by atoms with E-state index < -0.39 is 5.60 Å². The van der Waals surface area contributed by atoms with Gasteiger partial charge in [0.15, 0.2) is 5.60 Å². The van der Waals surface area contributed by atoms with Crippen LogP contribution >= 0.6 is 11.3 Å². The van der Waals surface area contributed by atoms with Gasteiger partial charge in [-0.3, -0.25) is 4.79 Å². The molecule has 1 amide bonds. The van der Waals surface area contributed by atoms with Crippen LogP contribution in [0.25, 0.3) is 22.0 Å². The number of nitrogens with one attached hydrogen (secondary N) is 1. The number of benzene rings is 1. The second-order valence-electron chi connectivity index (χ2n) is 8.52. The highest BCUT2D eigenvalue weighted by atomic mass is 32.1. The Kier molecular flexibility index (Phi) is 5.62. The standard InChI is InChI=1S/C24H25N7O2S/c1-15(20-12-25-14-31(20)3)27-23-26-9-7-18(29-23)19-13-34-21(28-19)16-5-4-6-17(11-16)24(33)8-10-30(2)22(24)32/h4-7,9,11-15,33H,8,10H2,1-3H3,(H,26,27,29)/t15-,24+/m0/s1. The first-order valence-electron chi connectivity index (χ1n) is 11.0. The van der Waals surface area contributed by atoms with Crippen LogP contribution in [0, 0.1) is 0 Å². The van der Waals surface area contributed by atoms with E-state index in [1.54, 1.807) is 30.5 Å². The summed E-state index contributed by atoms with van der Waals surface area (Å²) in [7, 11) is 3.66. The van der Waals surface area contributed by atoms with E-state index in [1.165, 1.54) is 11.3 Å². The number of imidazole rings is 1. The third-order valence-corrected chi connectivity index (χ3v) is 7.05. The second-order valence-corrected chi connectivity index (χ2v) is 9.37. The summed E-state index contributed by atoms with van der Waals surface area (Å²) in [6, 6.07) is 9.23. The maximum atomic E-state index is 12.5. The predicted octanol–water partition coefficient (Wildman–Crippen LogP) is 3.22. The van der Waals surface area contributed by atoms with Gasteiger partial charge in [0.25, 0.3) is 5.91 Å². The number of amides is 1. The molecule has 174 valence electrons. The average Bonchev–Trinajstić information content (AvgIpc) is 3.57. The first kappa shape index (κ1) is 22.2. The van der Waals surface area contributed by atoms with Crippen molar-refractivity contribution in [3.8, 4) is 22.0 Å². The number of likely N-dealkylation sites (tertiary alicyclic amines) is 1. The number of hydrogen-bond acceptors (Lipinski definition) is 8. The first-order chi connectivity index (χ1) is 16.3. The molecular formula is C24H25N7O2S. The summed E-state index contributed by atoms with van der Waals surface area (Å²) in [5.74, 6) is 0.236. The molecule has 9 nitrogen and oxygen atoms in total. The zero-order valence-electron chi connectivity index (χ0n) is 19.1. The Labute approximate surface area is 201 Å². The van der Waals surface area contributed by atoms with Crippen molar-refractivity contribution in [3.05, 3.63) is 65.7 Å². The van der Waals surface area contributed by atoms with E-state index in [2.05, 4.69) is 20.3 Å². The molecule has 1 aromatic carbocycles. The quantitative estimate of drug-likeness (QED) is 0.441. The number of carbonyl (C=O) groups excluding carboxylic acids is 1. The van der Waals surface area contributed by atoms with Crippen LogP contribution in [-0.4, -0.2) is 54.0 Å². The summed E-state index contributed by atoms with van der Waals surface area (Å²) < 4.78 is 1.95. The molecule has 1 fully saturated rings. The maximum Gasteiger partial charge on any atom is 0.258 e. The molecule has 0 spiro atoms. The Morgan fingerprint density at radius 3 is 2.79 bits per heavy atom. The van der Waals surface area contributed by atoms with Crippen LogP contribution in [0.1, 0.15) is 30.6 Å². The van der Waals surface area contributed by atoms with Gasteiger partial charge in [-0.1, -0.05) is 18.2 Å². The molecule has 10 heteroatoms. The lowest BCUT2D eigenvalue weighted by molar-refractivity contribution is -0.143. The number of aromatic nitrogens is 5. The van der Waals surface area contributed by atoms with Gasteiger partial charge >= 0.3 is 0 Å². The first-order valence-corrected chi connectivity index (χ1v) is 11.8. The van der Waals surface area contributed by atoms with Crippen LogP contribution in [-0.2, 0) is 17.4 Å². The zero-order chi connectivity index (χ0) is 23.9. The molecule has 5 rings (SSSR count). The van der Waals surface area contributed by atoms with E-state index in [-0.39, 0.29) is 11.9 Å². The van der Waals surface area contributed by atoms with Crippen molar-refractivity contribution < 1.29 is 9.90 Å². The lowest BCUT2D eigenvalue weighted by atomic mass is 9.91. The van der Waals surface area contributed by atoms with E-state index in [9.17, 15) is 9.90 Å². The van der Waals surface area contributed by atoms with Crippen molar-refractivity contribution in [2.24, 2.45) is 7.05 Å². The molecule has 0 bridgehead atoms. The van der Waals surface area contributed by atoms with Crippen LogP contribution in [0.4, 0.5) is 5.95 Å². The Balaban J connectivity index is 1.38. The molecule has 1 aliphatic rings. The zero-order valence-corrected chi connectivity index (χ0v) is 20.0. The Morgan fingerprint density at radius 1 is 1.21 bits per heavy atom. The number of aryl methyl sites for hydroxylation is 1. The van der Waals surface area contributed by atoms with Gasteiger partial charge in [-0.25, -0.2) is 19.9 Å². The second kappa shape index (κ2) is 8.62. The van der Waals surface area contributed by atoms with E-state index in [4.69, 9.17) is 4.98 Å². The summed E-state index contributed by atoms with van der Waals surface area (Å²) in [5.41, 5.74) is 2.43. The molecule has 2 atom stereocenters. The minimum atomic E-state index is -1.48. The van der Waals surface area contributed by atoms with Crippen molar-refractivity contribution in [1.29, 1.82) is 0 Å². The highest BCUT2D eigenvalue weighted by molar-refractivity contribution is 7.13. The fourth-order valence-corrected chi connectivity index (χ4v) is 4.99. The summed E-state index contributed by atoms with van der Waals surface area (Å²) in [5, 5.41) is 17.1. The van der Waals surface area contributed by atoms with Crippen molar-refractivity contribution in [3.63, 3.8) is 0 Å². The van der Waals surface area contributed by atoms with E-state index in [1.807, 2.05) is 54.4 Å². The molecule has 3 aromatic heterocycles. The number of thiazole rings is 1. The van der Waals surface area contributed by atoms with Crippen molar-refractivity contribution in [2.75, 3.05) is 18.9 Å². The van der Waals surface area contributed by atoms with Gasteiger partial charge in [0.1, 0.15) is 10.7 Å². The number of hydrogen-bond donors (Lipinski definition) is 2. The van der Waals surface area contributed by atoms with Gasteiger partial charge in [-0.15, -0.1) is 11.3 Å². The van der Waals surface area contributed by atoms with Crippen LogP contribution in [0.5, 0.6) is 0 Å². The molecule has 0 aliphatic carbocycles. The Bertz CT molecular complexity index is 1350.